The molecule has 33 heavy (non-hydrogen) atoms. The molecule has 0 saturated heterocycles. The molecule has 0 fully saturated rings. The van der Waals surface area contributed by atoms with E-state index in [1.807, 2.05) is 12.1 Å². The maximum Gasteiger partial charge on any atom is 0.308 e. The lowest BCUT2D eigenvalue weighted by molar-refractivity contribution is -0.131. The summed E-state index contributed by atoms with van der Waals surface area (Å²) in [4.78, 5) is 36.2. The molecule has 3 aromatic rings. The molecule has 0 unspecified atom stereocenters. The van der Waals surface area contributed by atoms with Gasteiger partial charge in [0.15, 0.2) is 0 Å². The molecule has 0 aromatic heterocycles. The molecule has 0 aliphatic heterocycles. The fraction of sp³-hybridized carbons (Fsp3) is 0.160. The second kappa shape index (κ2) is 11.7. The molecule has 0 radical (unpaired) electrons. The van der Waals surface area contributed by atoms with E-state index in [1.54, 1.807) is 54.6 Å². The van der Waals surface area contributed by atoms with Gasteiger partial charge in [0, 0.05) is 18.9 Å². The first kappa shape index (κ1) is 23.8. The lowest BCUT2D eigenvalue weighted by atomic mass is 10.2. The van der Waals surface area contributed by atoms with Crippen LogP contribution in [0.2, 0.25) is 5.02 Å². The van der Waals surface area contributed by atoms with Crippen LogP contribution in [-0.4, -0.2) is 24.4 Å². The number of para-hydroxylation sites is 3. The molecular weight excluding hydrogens is 444 g/mol. The highest BCUT2D eigenvalue weighted by Crippen LogP contribution is 2.24. The van der Waals surface area contributed by atoms with Crippen LogP contribution in [-0.2, 0) is 9.59 Å². The Kier molecular flexibility index (Phi) is 8.43. The van der Waals surface area contributed by atoms with E-state index in [0.29, 0.717) is 40.7 Å². The number of esters is 1. The van der Waals surface area contributed by atoms with Gasteiger partial charge in [-0.05, 0) is 48.9 Å². The fourth-order valence-corrected chi connectivity index (χ4v) is 3.14. The lowest BCUT2D eigenvalue weighted by Gasteiger charge is -2.13. The first-order valence-corrected chi connectivity index (χ1v) is 10.7. The van der Waals surface area contributed by atoms with Gasteiger partial charge in [0.2, 0.25) is 5.91 Å². The van der Waals surface area contributed by atoms with E-state index in [0.717, 1.165) is 0 Å². The molecule has 0 spiro atoms. The van der Waals surface area contributed by atoms with E-state index >= 15 is 0 Å². The summed E-state index contributed by atoms with van der Waals surface area (Å²) in [7, 11) is 0. The zero-order valence-electron chi connectivity index (χ0n) is 18.0. The molecule has 7 nitrogen and oxygen atoms in total. The van der Waals surface area contributed by atoms with E-state index in [-0.39, 0.29) is 18.1 Å². The number of hydrogen-bond acceptors (Lipinski definition) is 5. The minimum atomic E-state index is -0.474. The van der Waals surface area contributed by atoms with Crippen molar-refractivity contribution < 1.29 is 23.9 Å². The summed E-state index contributed by atoms with van der Waals surface area (Å²) in [5.41, 5.74) is 1.23. The van der Waals surface area contributed by atoms with Gasteiger partial charge in [0.05, 0.1) is 23.0 Å². The quantitative estimate of drug-likeness (QED) is 0.253. The Morgan fingerprint density at radius 3 is 2.30 bits per heavy atom. The van der Waals surface area contributed by atoms with E-state index in [9.17, 15) is 14.4 Å². The summed E-state index contributed by atoms with van der Waals surface area (Å²) in [5.74, 6) is -0.241. The average Bonchev–Trinajstić information content (AvgIpc) is 2.79. The average molecular weight is 467 g/mol. The van der Waals surface area contributed by atoms with Gasteiger partial charge < -0.3 is 20.1 Å². The summed E-state index contributed by atoms with van der Waals surface area (Å²) in [5, 5.41) is 6.10. The van der Waals surface area contributed by atoms with E-state index in [2.05, 4.69) is 10.6 Å². The molecule has 0 atom stereocenters. The molecule has 0 bridgehead atoms. The first-order chi connectivity index (χ1) is 15.9. The van der Waals surface area contributed by atoms with Gasteiger partial charge in [-0.25, -0.2) is 0 Å². The molecule has 2 amide bonds. The molecule has 0 saturated carbocycles. The topological polar surface area (TPSA) is 93.7 Å². The number of hydrogen-bond donors (Lipinski definition) is 2. The van der Waals surface area contributed by atoms with Crippen molar-refractivity contribution in [1.82, 2.24) is 0 Å². The zero-order valence-corrected chi connectivity index (χ0v) is 18.7. The smallest absolute Gasteiger partial charge is 0.308 e. The number of carbonyl (C=O) groups is 3. The van der Waals surface area contributed by atoms with Crippen molar-refractivity contribution in [2.24, 2.45) is 0 Å². The Bertz CT molecular complexity index is 1150. The predicted octanol–water partition coefficient (Wildman–Crippen LogP) is 5.32. The van der Waals surface area contributed by atoms with Crippen molar-refractivity contribution in [2.75, 3.05) is 17.2 Å². The molecular formula is C25H23ClN2O5. The summed E-state index contributed by atoms with van der Waals surface area (Å²) in [6, 6.07) is 20.3. The molecule has 3 aromatic carbocycles. The second-order valence-corrected chi connectivity index (χ2v) is 7.46. The number of rotatable bonds is 9. The van der Waals surface area contributed by atoms with Crippen molar-refractivity contribution in [2.45, 2.75) is 19.8 Å². The number of amides is 2. The second-order valence-electron chi connectivity index (χ2n) is 7.05. The molecule has 170 valence electrons. The van der Waals surface area contributed by atoms with Crippen LogP contribution in [0.25, 0.3) is 0 Å². The maximum atomic E-state index is 12.7. The number of carbonyl (C=O) groups excluding carboxylic acids is 3. The summed E-state index contributed by atoms with van der Waals surface area (Å²) < 4.78 is 10.6. The van der Waals surface area contributed by atoms with E-state index < -0.39 is 11.9 Å². The molecule has 8 heteroatoms. The maximum absolute atomic E-state index is 12.7. The molecule has 2 N–H and O–H groups in total. The van der Waals surface area contributed by atoms with Crippen LogP contribution in [0, 0.1) is 0 Å². The molecule has 0 aliphatic carbocycles. The highest BCUT2D eigenvalue weighted by molar-refractivity contribution is 6.32. The third-order valence-electron chi connectivity index (χ3n) is 4.45. The largest absolute Gasteiger partial charge is 0.492 e. The molecule has 3 rings (SSSR count). The lowest BCUT2D eigenvalue weighted by Crippen LogP contribution is -2.17. The normalized spacial score (nSPS) is 10.2. The first-order valence-electron chi connectivity index (χ1n) is 10.3. The van der Waals surface area contributed by atoms with E-state index in [1.165, 1.54) is 13.0 Å². The Balaban J connectivity index is 1.55. The third kappa shape index (κ3) is 7.36. The van der Waals surface area contributed by atoms with Crippen molar-refractivity contribution in [3.63, 3.8) is 0 Å². The Morgan fingerprint density at radius 1 is 0.879 bits per heavy atom. The van der Waals surface area contributed by atoms with Gasteiger partial charge in [0.1, 0.15) is 11.5 Å². The number of ether oxygens (including phenoxy) is 2. The molecule has 0 heterocycles. The highest BCUT2D eigenvalue weighted by atomic mass is 35.5. The standard InChI is InChI=1S/C25H23ClN2O5/c1-17(29)33-19-9-6-8-18(16-19)25(31)28-22-12-4-3-11-21(22)27-24(30)14-7-15-32-23-13-5-2-10-20(23)26/h2-6,8-13,16H,7,14-15H2,1H3,(H,27,30)(H,28,31). The molecule has 0 aliphatic rings. The third-order valence-corrected chi connectivity index (χ3v) is 4.76. The van der Waals surface area contributed by atoms with Crippen molar-refractivity contribution in [1.29, 1.82) is 0 Å². The van der Waals surface area contributed by atoms with Gasteiger partial charge >= 0.3 is 5.97 Å². The highest BCUT2D eigenvalue weighted by Gasteiger charge is 2.12. The summed E-state index contributed by atoms with van der Waals surface area (Å²) >= 11 is 6.05. The number of anilines is 2. The Morgan fingerprint density at radius 2 is 1.58 bits per heavy atom. The minimum Gasteiger partial charge on any atom is -0.492 e. The van der Waals surface area contributed by atoms with E-state index in [4.69, 9.17) is 21.1 Å². The van der Waals surface area contributed by atoms with Crippen LogP contribution in [0.1, 0.15) is 30.1 Å². The summed E-state index contributed by atoms with van der Waals surface area (Å²) in [6.07, 6.45) is 0.728. The van der Waals surface area contributed by atoms with Crippen LogP contribution in [0.4, 0.5) is 11.4 Å². The van der Waals surface area contributed by atoms with Gasteiger partial charge in [0.25, 0.3) is 5.91 Å². The van der Waals surface area contributed by atoms with Crippen molar-refractivity contribution >= 4 is 40.8 Å². The predicted molar refractivity (Wildman–Crippen MR) is 127 cm³/mol. The number of nitrogens with one attached hydrogen (secondary N) is 2. The van der Waals surface area contributed by atoms with Crippen molar-refractivity contribution in [3.05, 3.63) is 83.4 Å². The van der Waals surface area contributed by atoms with Gasteiger partial charge in [-0.3, -0.25) is 14.4 Å². The zero-order chi connectivity index (χ0) is 23.6. The number of benzene rings is 3. The van der Waals surface area contributed by atoms with Crippen LogP contribution < -0.4 is 20.1 Å². The van der Waals surface area contributed by atoms with Crippen LogP contribution in [0.3, 0.4) is 0 Å². The van der Waals surface area contributed by atoms with Gasteiger partial charge in [-0.2, -0.15) is 0 Å². The van der Waals surface area contributed by atoms with Crippen molar-refractivity contribution in [3.8, 4) is 11.5 Å². The fourth-order valence-electron chi connectivity index (χ4n) is 2.95. The SMILES string of the molecule is CC(=O)Oc1cccc(C(=O)Nc2ccccc2NC(=O)CCCOc2ccccc2Cl)c1. The Labute approximate surface area is 196 Å². The van der Waals surface area contributed by atoms with Crippen LogP contribution >= 0.6 is 11.6 Å². The monoisotopic (exact) mass is 466 g/mol. The van der Waals surface area contributed by atoms with Gasteiger partial charge in [-0.1, -0.05) is 41.9 Å². The van der Waals surface area contributed by atoms with Gasteiger partial charge in [-0.15, -0.1) is 0 Å². The van der Waals surface area contributed by atoms with Crippen LogP contribution in [0.5, 0.6) is 11.5 Å². The Hall–Kier alpha value is -3.84. The minimum absolute atomic E-state index is 0.212. The van der Waals surface area contributed by atoms with Crippen LogP contribution in [0.15, 0.2) is 72.8 Å². The summed E-state index contributed by atoms with van der Waals surface area (Å²) in [6.45, 7) is 1.63. The number of halogens is 1.